The Morgan fingerprint density at radius 1 is 0.321 bits per heavy atom. The van der Waals surface area contributed by atoms with Crippen molar-refractivity contribution in [3.63, 3.8) is 0 Å². The Morgan fingerprint density at radius 2 is 0.571 bits per heavy atom. The smallest absolute Gasteiger partial charge is 0.0786 e. The second kappa shape index (κ2) is 24.0. The highest BCUT2D eigenvalue weighted by atomic mass is 127. The van der Waals surface area contributed by atoms with Crippen LogP contribution in [-0.4, -0.2) is 30.7 Å². The normalized spacial score (nSPS) is 11.6. The molecular weight excluding hydrogens is 453 g/mol. The minimum absolute atomic E-state index is 0. The number of hydrogen-bond acceptors (Lipinski definition) is 0. The van der Waals surface area contributed by atoms with E-state index in [1.165, 1.54) is 146 Å². The van der Waals surface area contributed by atoms with Gasteiger partial charge in [-0.05, 0) is 32.1 Å². The largest absolute Gasteiger partial charge is 1.00 e. The Hall–Kier alpha value is 0.690. The molecule has 0 aliphatic heterocycles. The molecule has 1 nitrogen and oxygen atoms in total. The molecule has 0 atom stereocenters. The molecule has 172 valence electrons. The van der Waals surface area contributed by atoms with Crippen molar-refractivity contribution in [2.45, 2.75) is 143 Å². The lowest BCUT2D eigenvalue weighted by molar-refractivity contribution is -0.929. The highest BCUT2D eigenvalue weighted by Crippen LogP contribution is 2.18. The summed E-state index contributed by atoms with van der Waals surface area (Å²) in [5.41, 5.74) is 0. The second-order valence-corrected chi connectivity index (χ2v) is 9.19. The van der Waals surface area contributed by atoms with Crippen LogP contribution in [0.1, 0.15) is 143 Å². The van der Waals surface area contributed by atoms with Crippen LogP contribution in [0, 0.1) is 0 Å². The molecule has 28 heavy (non-hydrogen) atoms. The number of hydrogen-bond donors (Lipinski definition) is 0. The second-order valence-electron chi connectivity index (χ2n) is 9.19. The van der Waals surface area contributed by atoms with Crippen LogP contribution in [0.25, 0.3) is 0 Å². The van der Waals surface area contributed by atoms with Crippen LogP contribution in [0.15, 0.2) is 0 Å². The average molecular weight is 510 g/mol. The number of nitrogens with zero attached hydrogens (tertiary/aromatic N) is 1. The van der Waals surface area contributed by atoms with Gasteiger partial charge in [0.2, 0.25) is 0 Å². The van der Waals surface area contributed by atoms with Gasteiger partial charge in [-0.15, -0.1) is 0 Å². The van der Waals surface area contributed by atoms with E-state index in [-0.39, 0.29) is 24.0 Å². The topological polar surface area (TPSA) is 0 Å². The molecule has 0 heterocycles. The first-order valence-electron chi connectivity index (χ1n) is 13.1. The minimum atomic E-state index is 0. The number of halogens is 1. The fraction of sp³-hybridized carbons (Fsp3) is 1.00. The summed E-state index contributed by atoms with van der Waals surface area (Å²) >= 11 is 0. The van der Waals surface area contributed by atoms with Gasteiger partial charge < -0.3 is 28.5 Å². The molecule has 0 saturated carbocycles. The van der Waals surface area contributed by atoms with Gasteiger partial charge >= 0.3 is 0 Å². The van der Waals surface area contributed by atoms with Crippen LogP contribution >= 0.6 is 0 Å². The lowest BCUT2D eigenvalue weighted by Crippen LogP contribution is -3.00. The Bertz CT molecular complexity index is 258. The fourth-order valence-corrected chi connectivity index (χ4v) is 4.44. The molecule has 0 bridgehead atoms. The van der Waals surface area contributed by atoms with Gasteiger partial charge in [0.1, 0.15) is 0 Å². The van der Waals surface area contributed by atoms with E-state index in [0.29, 0.717) is 0 Å². The summed E-state index contributed by atoms with van der Waals surface area (Å²) in [6.07, 6.45) is 25.9. The zero-order valence-electron chi connectivity index (χ0n) is 20.4. The fourth-order valence-electron chi connectivity index (χ4n) is 4.44. The monoisotopic (exact) mass is 509 g/mol. The maximum Gasteiger partial charge on any atom is 0.0786 e. The SMILES string of the molecule is CCCCCCCCCCCCCC[N+](CCCC)(CCCC)CCCC.[I-]. The summed E-state index contributed by atoms with van der Waals surface area (Å²) in [5.74, 6) is 0. The molecule has 0 amide bonds. The molecule has 0 fully saturated rings. The molecule has 0 aliphatic rings. The van der Waals surface area contributed by atoms with Crippen LogP contribution in [-0.2, 0) is 0 Å². The first-order valence-corrected chi connectivity index (χ1v) is 13.1. The highest BCUT2D eigenvalue weighted by Gasteiger charge is 2.24. The standard InChI is InChI=1S/C26H56N.HI/c1-5-9-13-14-15-16-17-18-19-20-21-22-26-27(23-10-6-2,24-11-7-3)25-12-8-4;/h5-26H2,1-4H3;1H/q+1;/p-1. The van der Waals surface area contributed by atoms with Gasteiger partial charge in [0.15, 0.2) is 0 Å². The van der Waals surface area contributed by atoms with Crippen LogP contribution in [0.5, 0.6) is 0 Å². The van der Waals surface area contributed by atoms with Gasteiger partial charge in [-0.3, -0.25) is 0 Å². The van der Waals surface area contributed by atoms with Gasteiger partial charge in [0, 0.05) is 0 Å². The molecule has 0 unspecified atom stereocenters. The average Bonchev–Trinajstić information content (AvgIpc) is 2.69. The third-order valence-corrected chi connectivity index (χ3v) is 6.44. The van der Waals surface area contributed by atoms with Crippen LogP contribution in [0.2, 0.25) is 0 Å². The van der Waals surface area contributed by atoms with Gasteiger partial charge in [0.25, 0.3) is 0 Å². The quantitative estimate of drug-likeness (QED) is 0.0967. The summed E-state index contributed by atoms with van der Waals surface area (Å²) in [7, 11) is 0. The van der Waals surface area contributed by atoms with Crippen molar-refractivity contribution in [1.29, 1.82) is 0 Å². The van der Waals surface area contributed by atoms with Crippen molar-refractivity contribution < 1.29 is 28.5 Å². The van der Waals surface area contributed by atoms with Crippen molar-refractivity contribution in [2.75, 3.05) is 26.2 Å². The van der Waals surface area contributed by atoms with E-state index in [2.05, 4.69) is 27.7 Å². The molecule has 2 heteroatoms. The summed E-state index contributed by atoms with van der Waals surface area (Å²) < 4.78 is 1.44. The third kappa shape index (κ3) is 18.7. The molecule has 0 saturated heterocycles. The lowest BCUT2D eigenvalue weighted by Gasteiger charge is -2.39. The first kappa shape index (κ1) is 30.9. The molecule has 0 N–H and O–H groups in total. The van der Waals surface area contributed by atoms with Crippen molar-refractivity contribution in [3.05, 3.63) is 0 Å². The molecule has 0 radical (unpaired) electrons. The Kier molecular flexibility index (Phi) is 26.4. The molecule has 0 spiro atoms. The zero-order valence-corrected chi connectivity index (χ0v) is 22.5. The summed E-state index contributed by atoms with van der Waals surface area (Å²) in [6, 6.07) is 0. The third-order valence-electron chi connectivity index (χ3n) is 6.44. The lowest BCUT2D eigenvalue weighted by atomic mass is 10.0. The molecule has 0 rings (SSSR count). The highest BCUT2D eigenvalue weighted by molar-refractivity contribution is 4.52. The van der Waals surface area contributed by atoms with Gasteiger partial charge in [-0.1, -0.05) is 111 Å². The Morgan fingerprint density at radius 3 is 0.893 bits per heavy atom. The van der Waals surface area contributed by atoms with Crippen LogP contribution in [0.4, 0.5) is 0 Å². The van der Waals surface area contributed by atoms with E-state index in [1.54, 1.807) is 0 Å². The first-order chi connectivity index (χ1) is 13.2. The molecule has 0 aromatic carbocycles. The van der Waals surface area contributed by atoms with Gasteiger partial charge in [-0.25, -0.2) is 0 Å². The van der Waals surface area contributed by atoms with E-state index in [0.717, 1.165) is 0 Å². The number of quaternary nitrogens is 1. The van der Waals surface area contributed by atoms with Crippen molar-refractivity contribution in [2.24, 2.45) is 0 Å². The van der Waals surface area contributed by atoms with E-state index in [9.17, 15) is 0 Å². The molecule has 0 aliphatic carbocycles. The minimum Gasteiger partial charge on any atom is -1.00 e. The van der Waals surface area contributed by atoms with Crippen molar-refractivity contribution in [3.8, 4) is 0 Å². The molecule has 0 aromatic heterocycles. The van der Waals surface area contributed by atoms with Gasteiger partial charge in [-0.2, -0.15) is 0 Å². The van der Waals surface area contributed by atoms with E-state index in [4.69, 9.17) is 0 Å². The van der Waals surface area contributed by atoms with Crippen LogP contribution in [0.3, 0.4) is 0 Å². The number of unbranched alkanes of at least 4 members (excludes halogenated alkanes) is 14. The maximum absolute atomic E-state index is 2.36. The zero-order chi connectivity index (χ0) is 20.1. The maximum atomic E-state index is 2.36. The van der Waals surface area contributed by atoms with Gasteiger partial charge in [0.05, 0.1) is 26.2 Å². The predicted molar refractivity (Wildman–Crippen MR) is 126 cm³/mol. The summed E-state index contributed by atoms with van der Waals surface area (Å²) in [5, 5.41) is 0. The summed E-state index contributed by atoms with van der Waals surface area (Å²) in [4.78, 5) is 0. The Labute approximate surface area is 197 Å². The summed E-state index contributed by atoms with van der Waals surface area (Å²) in [6.45, 7) is 15.2. The van der Waals surface area contributed by atoms with E-state index >= 15 is 0 Å². The Balaban J connectivity index is 0. The number of rotatable bonds is 22. The molecular formula is C26H56IN. The van der Waals surface area contributed by atoms with E-state index < -0.39 is 0 Å². The van der Waals surface area contributed by atoms with Crippen molar-refractivity contribution in [1.82, 2.24) is 0 Å². The van der Waals surface area contributed by atoms with E-state index in [1.807, 2.05) is 0 Å². The predicted octanol–water partition coefficient (Wildman–Crippen LogP) is 5.91. The van der Waals surface area contributed by atoms with Crippen molar-refractivity contribution >= 4 is 0 Å². The molecule has 0 aromatic rings. The van der Waals surface area contributed by atoms with Crippen LogP contribution < -0.4 is 24.0 Å².